The molecule has 1 N–H and O–H groups in total. The number of rotatable bonds is 3. The first kappa shape index (κ1) is 12.8. The molecule has 104 valence electrons. The van der Waals surface area contributed by atoms with Crippen molar-refractivity contribution in [3.05, 3.63) is 48.7 Å². The Bertz CT molecular complexity index is 536. The molecule has 1 fully saturated rings. The first-order valence-electron chi connectivity index (χ1n) is 6.85. The second-order valence-corrected chi connectivity index (χ2v) is 4.96. The maximum Gasteiger partial charge on any atom is 0.212 e. The number of halogens is 1. The van der Waals surface area contributed by atoms with Crippen molar-refractivity contribution in [1.29, 1.82) is 0 Å². The molecule has 0 unspecified atom stereocenters. The predicted molar refractivity (Wildman–Crippen MR) is 77.3 cm³/mol. The maximum absolute atomic E-state index is 12.8. The summed E-state index contributed by atoms with van der Waals surface area (Å²) in [6.45, 7) is 1.95. The molecule has 0 saturated carbocycles. The third-order valence-electron chi connectivity index (χ3n) is 3.57. The van der Waals surface area contributed by atoms with E-state index in [0.29, 0.717) is 6.04 Å². The van der Waals surface area contributed by atoms with Gasteiger partial charge in [-0.3, -0.25) is 0 Å². The van der Waals surface area contributed by atoms with Gasteiger partial charge >= 0.3 is 0 Å². The SMILES string of the molecule is Fc1ccc(NC2CCN(c3ccccn3)CC2)cn1. The predicted octanol–water partition coefficient (Wildman–Crippen LogP) is 2.70. The second-order valence-electron chi connectivity index (χ2n) is 4.96. The van der Waals surface area contributed by atoms with E-state index in [4.69, 9.17) is 0 Å². The van der Waals surface area contributed by atoms with Crippen molar-refractivity contribution >= 4 is 11.5 Å². The third kappa shape index (κ3) is 3.04. The van der Waals surface area contributed by atoms with E-state index >= 15 is 0 Å². The zero-order valence-corrected chi connectivity index (χ0v) is 11.2. The van der Waals surface area contributed by atoms with Gasteiger partial charge in [0.25, 0.3) is 0 Å². The molecular formula is C15H17FN4. The lowest BCUT2D eigenvalue weighted by molar-refractivity contribution is 0.523. The molecule has 0 amide bonds. The second kappa shape index (κ2) is 5.86. The highest BCUT2D eigenvalue weighted by atomic mass is 19.1. The fraction of sp³-hybridized carbons (Fsp3) is 0.333. The Hall–Kier alpha value is -2.17. The molecular weight excluding hydrogens is 255 g/mol. The zero-order chi connectivity index (χ0) is 13.8. The molecule has 1 aliphatic rings. The van der Waals surface area contributed by atoms with Gasteiger partial charge in [-0.15, -0.1) is 0 Å². The van der Waals surface area contributed by atoms with Crippen LogP contribution in [-0.2, 0) is 0 Å². The molecule has 0 spiro atoms. The Morgan fingerprint density at radius 1 is 1.10 bits per heavy atom. The average molecular weight is 272 g/mol. The van der Waals surface area contributed by atoms with Gasteiger partial charge < -0.3 is 10.2 Å². The van der Waals surface area contributed by atoms with Crippen molar-refractivity contribution in [3.8, 4) is 0 Å². The molecule has 3 heterocycles. The lowest BCUT2D eigenvalue weighted by Crippen LogP contribution is -2.39. The molecule has 2 aromatic rings. The van der Waals surface area contributed by atoms with Crippen LogP contribution in [0.3, 0.4) is 0 Å². The van der Waals surface area contributed by atoms with E-state index in [1.165, 1.54) is 6.07 Å². The van der Waals surface area contributed by atoms with Gasteiger partial charge in [0, 0.05) is 25.3 Å². The summed E-state index contributed by atoms with van der Waals surface area (Å²) in [5.74, 6) is 0.593. The Kier molecular flexibility index (Phi) is 3.76. The summed E-state index contributed by atoms with van der Waals surface area (Å²) < 4.78 is 12.8. The molecule has 1 saturated heterocycles. The van der Waals surface area contributed by atoms with E-state index in [1.54, 1.807) is 12.3 Å². The molecule has 3 rings (SSSR count). The standard InChI is InChI=1S/C15H17FN4/c16-14-5-4-13(11-18-14)19-12-6-9-20(10-7-12)15-3-1-2-8-17-15/h1-5,8,11-12,19H,6-7,9-10H2. The summed E-state index contributed by atoms with van der Waals surface area (Å²) in [5.41, 5.74) is 0.877. The molecule has 2 aromatic heterocycles. The van der Waals surface area contributed by atoms with Crippen LogP contribution in [0.5, 0.6) is 0 Å². The quantitative estimate of drug-likeness (QED) is 0.872. The molecule has 0 radical (unpaired) electrons. The average Bonchev–Trinajstić information content (AvgIpc) is 2.51. The van der Waals surface area contributed by atoms with Crippen LogP contribution in [-0.4, -0.2) is 29.1 Å². The van der Waals surface area contributed by atoms with E-state index in [1.807, 2.05) is 24.4 Å². The van der Waals surface area contributed by atoms with Crippen LogP contribution in [0.1, 0.15) is 12.8 Å². The number of aromatic nitrogens is 2. The van der Waals surface area contributed by atoms with Gasteiger partial charge in [0.15, 0.2) is 0 Å². The van der Waals surface area contributed by atoms with Gasteiger partial charge in [0.05, 0.1) is 11.9 Å². The summed E-state index contributed by atoms with van der Waals surface area (Å²) in [6.07, 6.45) is 5.44. The van der Waals surface area contributed by atoms with Crippen molar-refractivity contribution in [2.24, 2.45) is 0 Å². The Morgan fingerprint density at radius 3 is 2.60 bits per heavy atom. The fourth-order valence-electron chi connectivity index (χ4n) is 2.49. The Labute approximate surface area is 117 Å². The minimum atomic E-state index is -0.444. The number of nitrogens with zero attached hydrogens (tertiary/aromatic N) is 3. The molecule has 1 aliphatic heterocycles. The van der Waals surface area contributed by atoms with Gasteiger partial charge in [0.2, 0.25) is 5.95 Å². The topological polar surface area (TPSA) is 41.0 Å². The van der Waals surface area contributed by atoms with Crippen LogP contribution in [0, 0.1) is 5.95 Å². The zero-order valence-electron chi connectivity index (χ0n) is 11.2. The van der Waals surface area contributed by atoms with Crippen LogP contribution in [0.4, 0.5) is 15.9 Å². The highest BCUT2D eigenvalue weighted by Crippen LogP contribution is 2.20. The van der Waals surface area contributed by atoms with Gasteiger partial charge in [0.1, 0.15) is 5.82 Å². The summed E-state index contributed by atoms with van der Waals surface area (Å²) in [7, 11) is 0. The van der Waals surface area contributed by atoms with E-state index in [-0.39, 0.29) is 0 Å². The third-order valence-corrected chi connectivity index (χ3v) is 3.57. The highest BCUT2D eigenvalue weighted by molar-refractivity contribution is 5.42. The van der Waals surface area contributed by atoms with Crippen LogP contribution in [0.2, 0.25) is 0 Å². The molecule has 5 heteroatoms. The molecule has 0 aromatic carbocycles. The van der Waals surface area contributed by atoms with Crippen molar-refractivity contribution in [2.45, 2.75) is 18.9 Å². The number of pyridine rings is 2. The monoisotopic (exact) mass is 272 g/mol. The molecule has 4 nitrogen and oxygen atoms in total. The minimum Gasteiger partial charge on any atom is -0.381 e. The van der Waals surface area contributed by atoms with Gasteiger partial charge in [-0.2, -0.15) is 4.39 Å². The van der Waals surface area contributed by atoms with Crippen LogP contribution >= 0.6 is 0 Å². The Morgan fingerprint density at radius 2 is 1.95 bits per heavy atom. The first-order valence-corrected chi connectivity index (χ1v) is 6.85. The van der Waals surface area contributed by atoms with Crippen LogP contribution < -0.4 is 10.2 Å². The highest BCUT2D eigenvalue weighted by Gasteiger charge is 2.19. The van der Waals surface area contributed by atoms with E-state index in [9.17, 15) is 4.39 Å². The van der Waals surface area contributed by atoms with Crippen molar-refractivity contribution < 1.29 is 4.39 Å². The van der Waals surface area contributed by atoms with Gasteiger partial charge in [-0.1, -0.05) is 6.07 Å². The molecule has 0 atom stereocenters. The summed E-state index contributed by atoms with van der Waals surface area (Å²) >= 11 is 0. The van der Waals surface area contributed by atoms with Crippen molar-refractivity contribution in [3.63, 3.8) is 0 Å². The number of nitrogens with one attached hydrogen (secondary N) is 1. The lowest BCUT2D eigenvalue weighted by Gasteiger charge is -2.33. The minimum absolute atomic E-state index is 0.405. The summed E-state index contributed by atoms with van der Waals surface area (Å²) in [5, 5.41) is 3.40. The normalized spacial score (nSPS) is 16.1. The molecule has 20 heavy (non-hydrogen) atoms. The summed E-state index contributed by atoms with van der Waals surface area (Å²) in [6, 6.07) is 9.49. The van der Waals surface area contributed by atoms with E-state index in [0.717, 1.165) is 37.4 Å². The van der Waals surface area contributed by atoms with Crippen molar-refractivity contribution in [1.82, 2.24) is 9.97 Å². The number of hydrogen-bond donors (Lipinski definition) is 1. The molecule has 0 bridgehead atoms. The van der Waals surface area contributed by atoms with Crippen LogP contribution in [0.15, 0.2) is 42.7 Å². The van der Waals surface area contributed by atoms with Gasteiger partial charge in [-0.05, 0) is 37.1 Å². The number of hydrogen-bond acceptors (Lipinski definition) is 4. The first-order chi connectivity index (χ1) is 9.81. The van der Waals surface area contributed by atoms with Crippen LogP contribution in [0.25, 0.3) is 0 Å². The molecule has 0 aliphatic carbocycles. The van der Waals surface area contributed by atoms with Crippen molar-refractivity contribution in [2.75, 3.05) is 23.3 Å². The number of piperidine rings is 1. The fourth-order valence-corrected chi connectivity index (χ4v) is 2.49. The van der Waals surface area contributed by atoms with E-state index < -0.39 is 5.95 Å². The number of anilines is 2. The lowest BCUT2D eigenvalue weighted by atomic mass is 10.0. The largest absolute Gasteiger partial charge is 0.381 e. The maximum atomic E-state index is 12.8. The van der Waals surface area contributed by atoms with E-state index in [2.05, 4.69) is 20.2 Å². The smallest absolute Gasteiger partial charge is 0.212 e. The summed E-state index contributed by atoms with van der Waals surface area (Å²) in [4.78, 5) is 10.3. The Balaban J connectivity index is 1.55. The van der Waals surface area contributed by atoms with Gasteiger partial charge in [-0.25, -0.2) is 9.97 Å².